The van der Waals surface area contributed by atoms with Crippen molar-refractivity contribution in [1.82, 2.24) is 9.80 Å². The normalized spacial score (nSPS) is 26.0. The molecule has 0 aromatic heterocycles. The molecule has 47 heavy (non-hydrogen) atoms. The van der Waals surface area contributed by atoms with Crippen LogP contribution in [0.5, 0.6) is 5.75 Å². The van der Waals surface area contributed by atoms with E-state index in [2.05, 4.69) is 10.2 Å². The van der Waals surface area contributed by atoms with E-state index in [1.807, 2.05) is 30.3 Å². The molecule has 2 fully saturated rings. The third-order valence-electron chi connectivity index (χ3n) is 10.0. The van der Waals surface area contributed by atoms with Gasteiger partial charge in [0, 0.05) is 50.9 Å². The van der Waals surface area contributed by atoms with E-state index in [-0.39, 0.29) is 41.5 Å². The van der Waals surface area contributed by atoms with Gasteiger partial charge in [0.15, 0.2) is 11.4 Å². The van der Waals surface area contributed by atoms with Gasteiger partial charge in [0.2, 0.25) is 11.7 Å². The summed E-state index contributed by atoms with van der Waals surface area (Å²) in [6.07, 6.45) is 0.125. The SMILES string of the molecule is CN(C)c1cc(NC(=O)C2CN(Cc3ccccc3)C2)c(O)c2c1C[C@H]1CC3[C@H](N(C)C)C(=O)C(C(N)=O)=C(O)[C@@]3(O)C(=O)C1=C2O. The Morgan fingerprint density at radius 1 is 1.06 bits per heavy atom. The first-order valence-electron chi connectivity index (χ1n) is 15.4. The number of Topliss-reactive ketones (excluding diaryl/α,β-unsaturated/α-hetero) is 2. The summed E-state index contributed by atoms with van der Waals surface area (Å²) in [4.78, 5) is 58.3. The van der Waals surface area contributed by atoms with Crippen LogP contribution in [0.3, 0.4) is 0 Å². The predicted molar refractivity (Wildman–Crippen MR) is 172 cm³/mol. The van der Waals surface area contributed by atoms with Crippen molar-refractivity contribution in [2.75, 3.05) is 51.5 Å². The number of primary amides is 1. The number of nitrogens with one attached hydrogen (secondary N) is 1. The van der Waals surface area contributed by atoms with E-state index < -0.39 is 63.8 Å². The number of likely N-dealkylation sites (tertiary alicyclic amines) is 1. The average Bonchev–Trinajstić information content (AvgIpc) is 2.97. The summed E-state index contributed by atoms with van der Waals surface area (Å²) in [5.41, 5.74) is 3.73. The van der Waals surface area contributed by atoms with Crippen molar-refractivity contribution >= 4 is 40.5 Å². The number of benzene rings is 2. The molecule has 0 bridgehead atoms. The van der Waals surface area contributed by atoms with Gasteiger partial charge in [-0.25, -0.2) is 0 Å². The summed E-state index contributed by atoms with van der Waals surface area (Å²) in [6, 6.07) is 10.4. The molecule has 1 aliphatic heterocycles. The number of amides is 2. The molecule has 248 valence electrons. The van der Waals surface area contributed by atoms with E-state index >= 15 is 0 Å². The quantitative estimate of drug-likeness (QED) is 0.186. The zero-order valence-corrected chi connectivity index (χ0v) is 26.6. The molecule has 13 nitrogen and oxygen atoms in total. The summed E-state index contributed by atoms with van der Waals surface area (Å²) in [5.74, 6) is -7.91. The summed E-state index contributed by atoms with van der Waals surface area (Å²) in [7, 11) is 6.64. The Bertz CT molecular complexity index is 1760. The molecule has 3 aliphatic carbocycles. The van der Waals surface area contributed by atoms with Crippen LogP contribution in [-0.2, 0) is 32.1 Å². The number of nitrogens with two attached hydrogens (primary N) is 1. The topological polar surface area (TPSA) is 197 Å². The van der Waals surface area contributed by atoms with Crippen molar-refractivity contribution in [3.63, 3.8) is 0 Å². The molecule has 2 aromatic rings. The van der Waals surface area contributed by atoms with Crippen molar-refractivity contribution in [1.29, 1.82) is 0 Å². The van der Waals surface area contributed by atoms with Gasteiger partial charge in [-0.05, 0) is 50.0 Å². The highest BCUT2D eigenvalue weighted by atomic mass is 16.3. The van der Waals surface area contributed by atoms with Crippen LogP contribution < -0.4 is 16.0 Å². The van der Waals surface area contributed by atoms with E-state index in [9.17, 15) is 39.6 Å². The fourth-order valence-corrected chi connectivity index (χ4v) is 7.73. The summed E-state index contributed by atoms with van der Waals surface area (Å²) in [5, 5.41) is 48.9. The number of rotatable bonds is 7. The number of nitrogens with zero attached hydrogens (tertiary/aromatic N) is 3. The highest BCUT2D eigenvalue weighted by Gasteiger charge is 2.64. The Morgan fingerprint density at radius 3 is 2.32 bits per heavy atom. The minimum absolute atomic E-state index is 0.0148. The number of phenols is 1. The van der Waals surface area contributed by atoms with Crippen molar-refractivity contribution in [3.05, 3.63) is 70.0 Å². The van der Waals surface area contributed by atoms with Crippen LogP contribution in [0.2, 0.25) is 0 Å². The van der Waals surface area contributed by atoms with Gasteiger partial charge in [0.1, 0.15) is 22.8 Å². The molecule has 7 N–H and O–H groups in total. The van der Waals surface area contributed by atoms with Gasteiger partial charge in [-0.1, -0.05) is 30.3 Å². The molecule has 4 aliphatic rings. The molecular formula is C34H39N5O8. The van der Waals surface area contributed by atoms with E-state index in [0.29, 0.717) is 30.9 Å². The van der Waals surface area contributed by atoms with Gasteiger partial charge in [0.25, 0.3) is 5.91 Å². The predicted octanol–water partition coefficient (Wildman–Crippen LogP) is 1.10. The van der Waals surface area contributed by atoms with E-state index in [4.69, 9.17) is 5.73 Å². The Hall–Kier alpha value is -4.72. The zero-order chi connectivity index (χ0) is 34.1. The lowest BCUT2D eigenvalue weighted by Gasteiger charge is -2.50. The largest absolute Gasteiger partial charge is 0.508 e. The first-order valence-corrected chi connectivity index (χ1v) is 15.4. The van der Waals surface area contributed by atoms with Crippen LogP contribution in [0.25, 0.3) is 5.76 Å². The lowest BCUT2D eigenvalue weighted by molar-refractivity contribution is -0.153. The van der Waals surface area contributed by atoms with E-state index in [1.54, 1.807) is 39.2 Å². The fraction of sp³-hybridized carbons (Fsp3) is 0.412. The Labute approximate surface area is 271 Å². The van der Waals surface area contributed by atoms with Crippen LogP contribution >= 0.6 is 0 Å². The molecule has 1 saturated heterocycles. The zero-order valence-electron chi connectivity index (χ0n) is 26.6. The number of aliphatic hydroxyl groups is 3. The summed E-state index contributed by atoms with van der Waals surface area (Å²) < 4.78 is 0. The Kier molecular flexibility index (Phi) is 7.89. The number of fused-ring (bicyclic) bond motifs is 3. The maximum absolute atomic E-state index is 14.2. The number of hydrogen-bond acceptors (Lipinski definition) is 11. The molecule has 4 atom stereocenters. The minimum Gasteiger partial charge on any atom is -0.508 e. The maximum Gasteiger partial charge on any atom is 0.255 e. The number of aromatic hydroxyl groups is 1. The summed E-state index contributed by atoms with van der Waals surface area (Å²) >= 11 is 0. The van der Waals surface area contributed by atoms with E-state index in [1.165, 1.54) is 4.90 Å². The number of likely N-dealkylation sites (N-methyl/N-ethyl adjacent to an activating group) is 1. The lowest BCUT2D eigenvalue weighted by Crippen LogP contribution is -2.65. The maximum atomic E-state index is 14.2. The molecular weight excluding hydrogens is 606 g/mol. The highest BCUT2D eigenvalue weighted by Crippen LogP contribution is 2.54. The molecule has 1 unspecified atom stereocenters. The second-order valence-corrected chi connectivity index (χ2v) is 13.4. The van der Waals surface area contributed by atoms with Gasteiger partial charge in [-0.3, -0.25) is 29.0 Å². The van der Waals surface area contributed by atoms with Gasteiger partial charge in [0.05, 0.1) is 23.2 Å². The number of carbonyl (C=O) groups excluding carboxylic acids is 4. The fourth-order valence-electron chi connectivity index (χ4n) is 7.73. The summed E-state index contributed by atoms with van der Waals surface area (Å²) in [6.45, 7) is 1.76. The van der Waals surface area contributed by atoms with Crippen molar-refractivity contribution in [3.8, 4) is 5.75 Å². The van der Waals surface area contributed by atoms with Gasteiger partial charge in [-0.15, -0.1) is 0 Å². The molecule has 1 heterocycles. The van der Waals surface area contributed by atoms with Crippen LogP contribution in [-0.4, -0.2) is 107 Å². The average molecular weight is 646 g/mol. The molecule has 0 spiro atoms. The first-order chi connectivity index (χ1) is 22.2. The number of phenolic OH excluding ortho intramolecular Hbond substituents is 1. The highest BCUT2D eigenvalue weighted by molar-refractivity contribution is 6.24. The van der Waals surface area contributed by atoms with Gasteiger partial charge < -0.3 is 36.4 Å². The molecule has 6 rings (SSSR count). The van der Waals surface area contributed by atoms with Crippen LogP contribution in [0, 0.1) is 17.8 Å². The van der Waals surface area contributed by atoms with Crippen LogP contribution in [0.1, 0.15) is 23.1 Å². The standard InChI is InChI=1S/C34H39N5O8/c1-37(2)22-12-21(36-33(46)18-14-39(15-18)13-16-8-6-5-7-9-16)27(40)24-19(22)10-17-11-20-26(38(3)4)29(42)25(32(35)45)31(44)34(20,47)30(43)23(17)28(24)41/h5-9,12,17-18,20,26,40-41,44,47H,10-11,13-15H2,1-4H3,(H2,35,45)(H,36,46)/t17-,20?,26-,34-/m0/s1. The second-order valence-electron chi connectivity index (χ2n) is 13.4. The van der Waals surface area contributed by atoms with Gasteiger partial charge in [-0.2, -0.15) is 0 Å². The van der Waals surface area contributed by atoms with Gasteiger partial charge >= 0.3 is 0 Å². The third kappa shape index (κ3) is 4.96. The number of carbonyl (C=O) groups is 4. The van der Waals surface area contributed by atoms with Crippen molar-refractivity contribution in [2.24, 2.45) is 23.5 Å². The van der Waals surface area contributed by atoms with Crippen LogP contribution in [0.15, 0.2) is 53.3 Å². The monoisotopic (exact) mass is 645 g/mol. The Morgan fingerprint density at radius 2 is 1.72 bits per heavy atom. The smallest absolute Gasteiger partial charge is 0.255 e. The number of anilines is 2. The molecule has 2 aromatic carbocycles. The molecule has 2 amide bonds. The van der Waals surface area contributed by atoms with Crippen molar-refractivity contribution < 1.29 is 39.6 Å². The first kappa shape index (κ1) is 32.2. The number of hydrogen-bond donors (Lipinski definition) is 6. The van der Waals surface area contributed by atoms with E-state index in [0.717, 1.165) is 5.56 Å². The van der Waals surface area contributed by atoms with Crippen molar-refractivity contribution in [2.45, 2.75) is 31.0 Å². The molecule has 13 heteroatoms. The molecule has 1 saturated carbocycles. The number of ketones is 2. The second kappa shape index (κ2) is 11.5. The lowest BCUT2D eigenvalue weighted by atomic mass is 9.57. The minimum atomic E-state index is -2.73. The van der Waals surface area contributed by atoms with Crippen LogP contribution in [0.4, 0.5) is 11.4 Å². The third-order valence-corrected chi connectivity index (χ3v) is 10.0. The Balaban J connectivity index is 1.36. The molecule has 0 radical (unpaired) electrons. The number of aliphatic hydroxyl groups excluding tert-OH is 2.